The molecular weight excluding hydrogens is 178 g/mol. The quantitative estimate of drug-likeness (QED) is 0.663. The number of methoxy groups -OCH3 is 1. The Labute approximate surface area is 86.9 Å². The van der Waals surface area contributed by atoms with Crippen molar-refractivity contribution in [2.75, 3.05) is 26.9 Å². The summed E-state index contributed by atoms with van der Waals surface area (Å²) in [6.07, 6.45) is 6.25. The molecule has 0 amide bonds. The molecule has 84 valence electrons. The van der Waals surface area contributed by atoms with E-state index in [-0.39, 0.29) is 0 Å². The zero-order chi connectivity index (χ0) is 10.2. The number of hydrogen-bond acceptors (Lipinski definition) is 3. The van der Waals surface area contributed by atoms with E-state index >= 15 is 0 Å². The van der Waals surface area contributed by atoms with E-state index in [0.717, 1.165) is 13.0 Å². The van der Waals surface area contributed by atoms with Gasteiger partial charge in [0.1, 0.15) is 0 Å². The van der Waals surface area contributed by atoms with E-state index in [0.29, 0.717) is 25.2 Å². The summed E-state index contributed by atoms with van der Waals surface area (Å²) < 4.78 is 10.3. The average Bonchev–Trinajstić information content (AvgIpc) is 2.20. The average molecular weight is 201 g/mol. The van der Waals surface area contributed by atoms with Crippen molar-refractivity contribution in [1.29, 1.82) is 0 Å². The fraction of sp³-hybridized carbons (Fsp3) is 1.00. The van der Waals surface area contributed by atoms with E-state index < -0.39 is 0 Å². The molecule has 1 saturated carbocycles. The lowest BCUT2D eigenvalue weighted by Gasteiger charge is -2.28. The summed E-state index contributed by atoms with van der Waals surface area (Å²) in [4.78, 5) is 0. The lowest BCUT2D eigenvalue weighted by atomic mass is 9.83. The molecule has 0 aromatic carbocycles. The normalized spacial score (nSPS) is 27.9. The summed E-state index contributed by atoms with van der Waals surface area (Å²) in [6, 6.07) is 0.412. The highest BCUT2D eigenvalue weighted by molar-refractivity contribution is 4.77. The second kappa shape index (κ2) is 7.21. The van der Waals surface area contributed by atoms with Crippen LogP contribution in [0.25, 0.3) is 0 Å². The highest BCUT2D eigenvalue weighted by Gasteiger charge is 2.20. The SMILES string of the molecule is COCCOCCC1CCCCC1N. The summed E-state index contributed by atoms with van der Waals surface area (Å²) in [5.74, 6) is 0.686. The summed E-state index contributed by atoms with van der Waals surface area (Å²) in [5, 5.41) is 0. The second-order valence-electron chi connectivity index (χ2n) is 4.10. The van der Waals surface area contributed by atoms with Gasteiger partial charge in [0, 0.05) is 19.8 Å². The molecule has 0 saturated heterocycles. The lowest BCUT2D eigenvalue weighted by Crippen LogP contribution is -2.33. The Kier molecular flexibility index (Phi) is 6.15. The van der Waals surface area contributed by atoms with Gasteiger partial charge in [0.25, 0.3) is 0 Å². The van der Waals surface area contributed by atoms with Crippen LogP contribution >= 0.6 is 0 Å². The maximum absolute atomic E-state index is 6.04. The van der Waals surface area contributed by atoms with Gasteiger partial charge in [-0.3, -0.25) is 0 Å². The highest BCUT2D eigenvalue weighted by Crippen LogP contribution is 2.25. The van der Waals surface area contributed by atoms with Crippen molar-refractivity contribution in [2.24, 2.45) is 11.7 Å². The van der Waals surface area contributed by atoms with Gasteiger partial charge >= 0.3 is 0 Å². The number of ether oxygens (including phenoxy) is 2. The van der Waals surface area contributed by atoms with Crippen LogP contribution in [0.2, 0.25) is 0 Å². The first-order valence-electron chi connectivity index (χ1n) is 5.67. The van der Waals surface area contributed by atoms with Crippen LogP contribution in [0, 0.1) is 5.92 Å². The number of rotatable bonds is 6. The molecule has 2 N–H and O–H groups in total. The first-order chi connectivity index (χ1) is 6.84. The molecule has 3 heteroatoms. The monoisotopic (exact) mass is 201 g/mol. The largest absolute Gasteiger partial charge is 0.382 e. The fourth-order valence-electron chi connectivity index (χ4n) is 2.07. The van der Waals surface area contributed by atoms with Gasteiger partial charge in [-0.1, -0.05) is 12.8 Å². The molecule has 0 bridgehead atoms. The van der Waals surface area contributed by atoms with Crippen molar-refractivity contribution in [3.63, 3.8) is 0 Å². The second-order valence-corrected chi connectivity index (χ2v) is 4.10. The Morgan fingerprint density at radius 2 is 1.93 bits per heavy atom. The molecule has 2 unspecified atom stereocenters. The molecular formula is C11H23NO2. The minimum absolute atomic E-state index is 0.412. The van der Waals surface area contributed by atoms with Gasteiger partial charge in [-0.2, -0.15) is 0 Å². The minimum Gasteiger partial charge on any atom is -0.382 e. The van der Waals surface area contributed by atoms with Gasteiger partial charge < -0.3 is 15.2 Å². The van der Waals surface area contributed by atoms with E-state index in [4.69, 9.17) is 15.2 Å². The van der Waals surface area contributed by atoms with Crippen LogP contribution in [0.15, 0.2) is 0 Å². The maximum atomic E-state index is 6.04. The predicted molar refractivity (Wildman–Crippen MR) is 57.2 cm³/mol. The molecule has 0 aliphatic heterocycles. The Hall–Kier alpha value is -0.120. The van der Waals surface area contributed by atoms with Gasteiger partial charge in [0.15, 0.2) is 0 Å². The van der Waals surface area contributed by atoms with E-state index in [1.54, 1.807) is 7.11 Å². The Bertz CT molecular complexity index is 141. The standard InChI is InChI=1S/C11H23NO2/c1-13-8-9-14-7-6-10-4-2-3-5-11(10)12/h10-11H,2-9,12H2,1H3. The molecule has 1 aliphatic carbocycles. The van der Waals surface area contributed by atoms with Crippen molar-refractivity contribution in [3.8, 4) is 0 Å². The summed E-state index contributed by atoms with van der Waals surface area (Å²) in [7, 11) is 1.69. The van der Waals surface area contributed by atoms with Crippen LogP contribution in [-0.2, 0) is 9.47 Å². The van der Waals surface area contributed by atoms with Crippen molar-refractivity contribution in [2.45, 2.75) is 38.1 Å². The Balaban J connectivity index is 1.99. The Morgan fingerprint density at radius 3 is 2.64 bits per heavy atom. The third kappa shape index (κ3) is 4.40. The molecule has 1 aliphatic rings. The molecule has 0 radical (unpaired) electrons. The molecule has 1 fully saturated rings. The third-order valence-corrected chi connectivity index (χ3v) is 3.03. The maximum Gasteiger partial charge on any atom is 0.0700 e. The summed E-state index contributed by atoms with van der Waals surface area (Å²) in [6.45, 7) is 2.23. The van der Waals surface area contributed by atoms with E-state index in [1.165, 1.54) is 25.7 Å². The highest BCUT2D eigenvalue weighted by atomic mass is 16.5. The van der Waals surface area contributed by atoms with E-state index in [2.05, 4.69) is 0 Å². The van der Waals surface area contributed by atoms with Crippen molar-refractivity contribution >= 4 is 0 Å². The first kappa shape index (κ1) is 12.0. The van der Waals surface area contributed by atoms with Gasteiger partial charge in [0.05, 0.1) is 13.2 Å². The molecule has 1 rings (SSSR count). The molecule has 2 atom stereocenters. The van der Waals surface area contributed by atoms with E-state index in [1.807, 2.05) is 0 Å². The van der Waals surface area contributed by atoms with Gasteiger partial charge in [-0.05, 0) is 25.2 Å². The molecule has 0 aromatic rings. The van der Waals surface area contributed by atoms with Crippen molar-refractivity contribution in [3.05, 3.63) is 0 Å². The molecule has 3 nitrogen and oxygen atoms in total. The molecule has 0 spiro atoms. The van der Waals surface area contributed by atoms with Crippen LogP contribution in [0.4, 0.5) is 0 Å². The fourth-order valence-corrected chi connectivity index (χ4v) is 2.07. The number of hydrogen-bond donors (Lipinski definition) is 1. The van der Waals surface area contributed by atoms with Crippen LogP contribution in [0.3, 0.4) is 0 Å². The van der Waals surface area contributed by atoms with Gasteiger partial charge in [-0.15, -0.1) is 0 Å². The zero-order valence-electron chi connectivity index (χ0n) is 9.21. The summed E-state index contributed by atoms with van der Waals surface area (Å²) in [5.41, 5.74) is 6.04. The summed E-state index contributed by atoms with van der Waals surface area (Å²) >= 11 is 0. The van der Waals surface area contributed by atoms with Crippen LogP contribution in [0.5, 0.6) is 0 Å². The lowest BCUT2D eigenvalue weighted by molar-refractivity contribution is 0.0595. The zero-order valence-corrected chi connectivity index (χ0v) is 9.21. The van der Waals surface area contributed by atoms with E-state index in [9.17, 15) is 0 Å². The third-order valence-electron chi connectivity index (χ3n) is 3.03. The molecule has 14 heavy (non-hydrogen) atoms. The minimum atomic E-state index is 0.412. The van der Waals surface area contributed by atoms with Crippen molar-refractivity contribution < 1.29 is 9.47 Å². The number of nitrogens with two attached hydrogens (primary N) is 1. The van der Waals surface area contributed by atoms with Gasteiger partial charge in [0.2, 0.25) is 0 Å². The van der Waals surface area contributed by atoms with Crippen LogP contribution < -0.4 is 5.73 Å². The molecule has 0 heterocycles. The predicted octanol–water partition coefficient (Wildman–Crippen LogP) is 1.56. The van der Waals surface area contributed by atoms with Crippen molar-refractivity contribution in [1.82, 2.24) is 0 Å². The van der Waals surface area contributed by atoms with Crippen LogP contribution in [0.1, 0.15) is 32.1 Å². The molecule has 0 aromatic heterocycles. The van der Waals surface area contributed by atoms with Gasteiger partial charge in [-0.25, -0.2) is 0 Å². The topological polar surface area (TPSA) is 44.5 Å². The Morgan fingerprint density at radius 1 is 1.14 bits per heavy atom. The smallest absolute Gasteiger partial charge is 0.0700 e. The van der Waals surface area contributed by atoms with Crippen LogP contribution in [-0.4, -0.2) is 33.0 Å². The first-order valence-corrected chi connectivity index (χ1v) is 5.67.